The summed E-state index contributed by atoms with van der Waals surface area (Å²) in [6.45, 7) is 17.2. The topological polar surface area (TPSA) is 263 Å². The molecule has 4 aliphatic rings. The van der Waals surface area contributed by atoms with E-state index in [2.05, 4.69) is 58.0 Å². The fourth-order valence-corrected chi connectivity index (χ4v) is 8.86. The molecule has 0 bridgehead atoms. The van der Waals surface area contributed by atoms with Gasteiger partial charge < -0.3 is 52.1 Å². The number of ketones is 1. The summed E-state index contributed by atoms with van der Waals surface area (Å²) in [6, 6.07) is 12.3. The van der Waals surface area contributed by atoms with Gasteiger partial charge in [-0.2, -0.15) is 9.97 Å². The van der Waals surface area contributed by atoms with Gasteiger partial charge in [-0.25, -0.2) is 38.1 Å². The molecule has 3 radical (unpaired) electrons. The van der Waals surface area contributed by atoms with Gasteiger partial charge in [0.25, 0.3) is 11.8 Å². The summed E-state index contributed by atoms with van der Waals surface area (Å²) in [4.78, 5) is 70.7. The van der Waals surface area contributed by atoms with Crippen LogP contribution < -0.4 is 50.4 Å². The molecule has 10 rings (SSSR count). The number of aryl methyl sites for hydroxylation is 4. The third-order valence-corrected chi connectivity index (χ3v) is 13.0. The van der Waals surface area contributed by atoms with Crippen molar-refractivity contribution in [2.45, 2.75) is 131 Å². The van der Waals surface area contributed by atoms with Crippen molar-refractivity contribution in [3.8, 4) is 22.9 Å². The summed E-state index contributed by atoms with van der Waals surface area (Å²) in [5, 5.41) is 13.1. The van der Waals surface area contributed by atoms with Gasteiger partial charge in [0.2, 0.25) is 5.97 Å². The van der Waals surface area contributed by atoms with Crippen molar-refractivity contribution in [1.29, 1.82) is 0 Å². The maximum atomic E-state index is 14.9. The molecule has 4 fully saturated rings. The molecular formula is C54H69BF2N10NaO11. The number of carbonyl (C=O) groups is 4. The van der Waals surface area contributed by atoms with E-state index in [0.717, 1.165) is 127 Å². The maximum absolute atomic E-state index is 14.9. The first-order valence-electron chi connectivity index (χ1n) is 26.2. The van der Waals surface area contributed by atoms with E-state index in [1.807, 2.05) is 43.0 Å². The zero-order valence-corrected chi connectivity index (χ0v) is 48.4. The number of anilines is 2. The first kappa shape index (κ1) is 63.8. The van der Waals surface area contributed by atoms with Crippen LogP contribution in [-0.2, 0) is 55.9 Å². The molecule has 0 atom stereocenters. The summed E-state index contributed by atoms with van der Waals surface area (Å²) < 4.78 is 54.5. The summed E-state index contributed by atoms with van der Waals surface area (Å²) in [6.07, 6.45) is 8.67. The molecule has 21 nitrogen and oxygen atoms in total. The number of carbonyl (C=O) groups excluding carboxylic acids is 4. The van der Waals surface area contributed by atoms with Crippen LogP contribution in [0.3, 0.4) is 0 Å². The molecule has 0 aliphatic carbocycles. The molecule has 79 heavy (non-hydrogen) atoms. The number of Topliss-reactive ketones (excluding diaryl/α,β-unsaturated/α-hetero) is 1. The molecule has 2 aromatic carbocycles. The van der Waals surface area contributed by atoms with Gasteiger partial charge in [0.15, 0.2) is 11.6 Å². The van der Waals surface area contributed by atoms with Gasteiger partial charge in [-0.1, -0.05) is 24.2 Å². The van der Waals surface area contributed by atoms with Crippen molar-refractivity contribution < 1.29 is 90.5 Å². The molecule has 8 heterocycles. The fourth-order valence-electron chi connectivity index (χ4n) is 8.86. The van der Waals surface area contributed by atoms with Gasteiger partial charge in [0.05, 0.1) is 11.1 Å². The monoisotopic (exact) mass is 1110 g/mol. The minimum Gasteiger partial charge on any atom is -0.793 e. The van der Waals surface area contributed by atoms with Crippen LogP contribution in [0, 0.1) is 25.5 Å². The Morgan fingerprint density at radius 3 is 1.41 bits per heavy atom. The summed E-state index contributed by atoms with van der Waals surface area (Å²) >= 11 is 0. The predicted molar refractivity (Wildman–Crippen MR) is 286 cm³/mol. The average molecular weight is 1110 g/mol. The number of hydrogen-bond acceptors (Lipinski definition) is 21. The average Bonchev–Trinajstić information content (AvgIpc) is 4.13. The third kappa shape index (κ3) is 19.3. The molecule has 6 aromatic rings. The zero-order valence-electron chi connectivity index (χ0n) is 46.4. The van der Waals surface area contributed by atoms with Crippen LogP contribution >= 0.6 is 0 Å². The second kappa shape index (κ2) is 31.7. The smallest absolute Gasteiger partial charge is 0.793 e. The molecule has 0 unspecified atom stereocenters. The van der Waals surface area contributed by atoms with E-state index in [-0.39, 0.29) is 47.0 Å². The van der Waals surface area contributed by atoms with E-state index in [9.17, 15) is 28.0 Å². The Balaban J connectivity index is 0.000000216. The second-order valence-corrected chi connectivity index (χ2v) is 19.1. The van der Waals surface area contributed by atoms with E-state index < -0.39 is 17.9 Å². The Kier molecular flexibility index (Phi) is 25.6. The Labute approximate surface area is 481 Å². The van der Waals surface area contributed by atoms with Crippen LogP contribution in [0.5, 0.6) is 0 Å². The predicted octanol–water partition coefficient (Wildman–Crippen LogP) is 4.28. The van der Waals surface area contributed by atoms with Gasteiger partial charge in [0, 0.05) is 115 Å². The minimum atomic E-state index is -0.639. The first-order chi connectivity index (χ1) is 37.4. The molecule has 4 saturated heterocycles. The van der Waals surface area contributed by atoms with Crippen molar-refractivity contribution in [2.24, 2.45) is 5.73 Å². The summed E-state index contributed by atoms with van der Waals surface area (Å²) in [7, 11) is 4.32. The molecule has 0 amide bonds. The van der Waals surface area contributed by atoms with Crippen LogP contribution in [-0.4, -0.2) is 133 Å². The number of fused-ring (bicyclic) bond motifs is 2. The molecule has 3 N–H and O–H groups in total. The Hall–Kier alpha value is -6.02. The maximum Gasteiger partial charge on any atom is 1.00 e. The van der Waals surface area contributed by atoms with Crippen molar-refractivity contribution in [1.82, 2.24) is 35.6 Å². The normalized spacial score (nSPS) is 15.9. The van der Waals surface area contributed by atoms with Gasteiger partial charge in [0.1, 0.15) is 40.1 Å². The number of piperidine rings is 2. The molecular weight excluding hydrogens is 1040 g/mol. The van der Waals surface area contributed by atoms with Gasteiger partial charge in [-0.15, -0.1) is 0 Å². The first-order valence-corrected chi connectivity index (χ1v) is 26.2. The van der Waals surface area contributed by atoms with E-state index >= 15 is 0 Å². The Morgan fingerprint density at radius 1 is 0.646 bits per heavy atom. The van der Waals surface area contributed by atoms with Crippen LogP contribution in [0.2, 0.25) is 0 Å². The van der Waals surface area contributed by atoms with Crippen LogP contribution in [0.15, 0.2) is 45.4 Å². The summed E-state index contributed by atoms with van der Waals surface area (Å²) in [5.41, 5.74) is 9.53. The molecule has 419 valence electrons. The van der Waals surface area contributed by atoms with Gasteiger partial charge >= 0.3 is 41.5 Å². The summed E-state index contributed by atoms with van der Waals surface area (Å²) in [5.74, 6) is 1.02. The molecule has 0 saturated carbocycles. The number of nitrogens with two attached hydrogens (primary N) is 1. The second-order valence-electron chi connectivity index (χ2n) is 19.1. The third-order valence-electron chi connectivity index (χ3n) is 13.0. The van der Waals surface area contributed by atoms with Gasteiger partial charge in [-0.3, -0.25) is 9.59 Å². The fraction of sp³-hybridized carbons (Fsp3) is 0.519. The van der Waals surface area contributed by atoms with E-state index in [1.165, 1.54) is 13.0 Å². The number of halogens is 2. The number of nitrogens with one attached hydrogen (secondary N) is 1. The van der Waals surface area contributed by atoms with Crippen molar-refractivity contribution >= 4 is 65.2 Å². The van der Waals surface area contributed by atoms with E-state index in [0.29, 0.717) is 101 Å². The quantitative estimate of drug-likeness (QED) is 0.122. The number of aromatic nitrogens is 6. The Bertz CT molecular complexity index is 2940. The van der Waals surface area contributed by atoms with Crippen LogP contribution in [0.25, 0.3) is 44.7 Å². The van der Waals surface area contributed by atoms with E-state index in [4.69, 9.17) is 29.2 Å². The number of nitrogens with zero attached hydrogens (tertiary/aromatic N) is 8. The molecule has 25 heteroatoms. The van der Waals surface area contributed by atoms with Crippen molar-refractivity contribution in [3.05, 3.63) is 70.8 Å². The minimum absolute atomic E-state index is 0. The number of hydrogen-bond donors (Lipinski definition) is 2. The van der Waals surface area contributed by atoms with Gasteiger partial charge in [-0.05, 0) is 113 Å². The Morgan fingerprint density at radius 2 is 1.05 bits per heavy atom. The number of ether oxygens (including phenoxy) is 2. The number of pyridine rings is 2. The van der Waals surface area contributed by atoms with Crippen LogP contribution in [0.1, 0.15) is 109 Å². The molecule has 4 aromatic heterocycles. The largest absolute Gasteiger partial charge is 1.00 e. The van der Waals surface area contributed by atoms with Crippen molar-refractivity contribution in [3.63, 3.8) is 0 Å². The van der Waals surface area contributed by atoms with Crippen molar-refractivity contribution in [2.75, 3.05) is 62.4 Å². The number of rotatable bonds is 8. The molecule has 0 spiro atoms. The molecule has 4 aliphatic heterocycles. The number of benzene rings is 2. The van der Waals surface area contributed by atoms with Crippen LogP contribution in [0.4, 0.5) is 20.4 Å². The zero-order chi connectivity index (χ0) is 56.3. The SMILES string of the molecule is CC(=O)OOC(C)=O.CCc1cc(F)c2nc(N3CCC(=O)CC3)c(-c3nc(C)no3)cc2c1.CCc1cc(F)c2nc(N3CCC(NC4CCOCC4)CC3)c(-c3nc(C)no3)cc2c1.NC1CCOCC1.[B-]OC(C)=O.[Na+]. The van der Waals surface area contributed by atoms with E-state index in [1.54, 1.807) is 19.9 Å². The standard InChI is InChI=1S/C24H30FN5O2.C19H19FN4O2.C5H11NO.C4H6O4.C2H3BO2.Na/c1-3-16-12-17-14-20(24-26-15(2)29-32-24)23(28-22(17)21(25)13-16)30-8-4-18(5-9-30)27-19-6-10-31-11-7-19;1-3-12-8-13-10-15(19-21-11(2)23-26-19)18(22-17(13)16(20)9-12)24-6-4-14(25)5-7-24;6-5-1-3-7-4-2-5;1-3(5)7-8-4(2)6;1-2(4)5-3;/h12-14,18-19,27H,3-11H2,1-2H3;8-10H,3-7H2,1-2H3;5H,1-4,6H2;1-2H3;1H3;/q;;;;-1;+1.